The maximum atomic E-state index is 8.88. The molecular weight excluding hydrogens is 186 g/mol. The first-order chi connectivity index (χ1) is 6.36. The number of hydrogen-bond acceptors (Lipinski definition) is 4. The van der Waals surface area contributed by atoms with E-state index in [4.69, 9.17) is 9.52 Å². The second-order valence-corrected chi connectivity index (χ2v) is 3.79. The van der Waals surface area contributed by atoms with E-state index < -0.39 is 0 Å². The van der Waals surface area contributed by atoms with Gasteiger partial charge in [0.25, 0.3) is 0 Å². The normalized spacial score (nSPS) is 13.1. The van der Waals surface area contributed by atoms with Crippen LogP contribution in [0.15, 0.2) is 22.8 Å². The molecule has 0 radical (unpaired) electrons. The number of thioether (sulfide) groups is 1. The van der Waals surface area contributed by atoms with E-state index in [9.17, 15) is 0 Å². The van der Waals surface area contributed by atoms with Gasteiger partial charge in [-0.15, -0.1) is 0 Å². The van der Waals surface area contributed by atoms with E-state index in [-0.39, 0.29) is 12.6 Å². The van der Waals surface area contributed by atoms with E-state index >= 15 is 0 Å². The molecule has 1 aromatic rings. The Bertz CT molecular complexity index is 209. The number of hydrogen-bond donors (Lipinski definition) is 2. The van der Waals surface area contributed by atoms with Crippen LogP contribution >= 0.6 is 11.8 Å². The molecule has 1 heterocycles. The van der Waals surface area contributed by atoms with Crippen LogP contribution in [-0.4, -0.2) is 30.6 Å². The summed E-state index contributed by atoms with van der Waals surface area (Å²) in [6, 6.07) is 4.03. The van der Waals surface area contributed by atoms with Crippen molar-refractivity contribution >= 4 is 11.8 Å². The first-order valence-corrected chi connectivity index (χ1v) is 5.40. The molecule has 0 saturated heterocycles. The lowest BCUT2D eigenvalue weighted by molar-refractivity contribution is 0.260. The molecule has 0 aliphatic rings. The van der Waals surface area contributed by atoms with Gasteiger partial charge in [0.2, 0.25) is 0 Å². The third-order valence-electron chi connectivity index (χ3n) is 1.77. The molecule has 0 bridgehead atoms. The summed E-state index contributed by atoms with van der Waals surface area (Å²) < 4.78 is 5.18. The number of furan rings is 1. The predicted molar refractivity (Wildman–Crippen MR) is 54.8 cm³/mol. The van der Waals surface area contributed by atoms with Crippen molar-refractivity contribution in [3.63, 3.8) is 0 Å². The molecule has 0 aliphatic heterocycles. The molecule has 2 N–H and O–H groups in total. The number of aliphatic hydroxyl groups is 1. The summed E-state index contributed by atoms with van der Waals surface area (Å²) in [5.74, 6) is 2.75. The lowest BCUT2D eigenvalue weighted by atomic mass is 10.4. The van der Waals surface area contributed by atoms with Crippen molar-refractivity contribution in [2.75, 3.05) is 19.4 Å². The van der Waals surface area contributed by atoms with E-state index in [0.29, 0.717) is 0 Å². The van der Waals surface area contributed by atoms with Crippen LogP contribution in [0.25, 0.3) is 0 Å². The van der Waals surface area contributed by atoms with Gasteiger partial charge >= 0.3 is 0 Å². The Labute approximate surface area is 82.5 Å². The van der Waals surface area contributed by atoms with Crippen molar-refractivity contribution in [2.45, 2.75) is 11.8 Å². The van der Waals surface area contributed by atoms with Gasteiger partial charge in [-0.1, -0.05) is 0 Å². The Morgan fingerprint density at radius 2 is 2.54 bits per heavy atom. The van der Waals surface area contributed by atoms with Crippen LogP contribution in [0.4, 0.5) is 0 Å². The van der Waals surface area contributed by atoms with E-state index in [2.05, 4.69) is 5.32 Å². The van der Waals surface area contributed by atoms with Gasteiger partial charge in [-0.3, -0.25) is 0 Å². The highest BCUT2D eigenvalue weighted by atomic mass is 32.2. The fraction of sp³-hybridized carbons (Fsp3) is 0.556. The summed E-state index contributed by atoms with van der Waals surface area (Å²) in [7, 11) is 1.86. The third kappa shape index (κ3) is 3.85. The first-order valence-electron chi connectivity index (χ1n) is 4.25. The summed E-state index contributed by atoms with van der Waals surface area (Å²) in [5, 5.41) is 11.9. The number of likely N-dealkylation sites (N-methyl/N-ethyl adjacent to an activating group) is 1. The highest BCUT2D eigenvalue weighted by Crippen LogP contribution is 2.12. The maximum Gasteiger partial charge on any atom is 0.113 e. The highest BCUT2D eigenvalue weighted by molar-refractivity contribution is 7.98. The van der Waals surface area contributed by atoms with Crippen molar-refractivity contribution < 1.29 is 9.52 Å². The van der Waals surface area contributed by atoms with Crippen molar-refractivity contribution in [3.05, 3.63) is 24.2 Å². The zero-order valence-corrected chi connectivity index (χ0v) is 8.51. The lowest BCUT2D eigenvalue weighted by Gasteiger charge is -2.11. The van der Waals surface area contributed by atoms with Crippen molar-refractivity contribution in [1.29, 1.82) is 0 Å². The zero-order valence-electron chi connectivity index (χ0n) is 7.69. The summed E-state index contributed by atoms with van der Waals surface area (Å²) in [5.41, 5.74) is 0. The van der Waals surface area contributed by atoms with Crippen molar-refractivity contribution in [3.8, 4) is 0 Å². The van der Waals surface area contributed by atoms with Gasteiger partial charge in [0, 0.05) is 11.8 Å². The predicted octanol–water partition coefficient (Wildman–Crippen LogP) is 1.09. The van der Waals surface area contributed by atoms with Gasteiger partial charge in [0.05, 0.1) is 18.6 Å². The number of rotatable bonds is 6. The van der Waals surface area contributed by atoms with Crippen LogP contribution in [0.2, 0.25) is 0 Å². The third-order valence-corrected chi connectivity index (χ3v) is 2.90. The van der Waals surface area contributed by atoms with E-state index in [1.54, 1.807) is 18.0 Å². The summed E-state index contributed by atoms with van der Waals surface area (Å²) in [6.07, 6.45) is 1.68. The zero-order chi connectivity index (χ0) is 9.52. The van der Waals surface area contributed by atoms with Crippen LogP contribution in [0.5, 0.6) is 0 Å². The Morgan fingerprint density at radius 1 is 1.69 bits per heavy atom. The molecule has 1 unspecified atom stereocenters. The lowest BCUT2D eigenvalue weighted by Crippen LogP contribution is -2.31. The smallest absolute Gasteiger partial charge is 0.113 e. The molecule has 3 nitrogen and oxygen atoms in total. The average Bonchev–Trinajstić information content (AvgIpc) is 2.65. The second-order valence-electron chi connectivity index (χ2n) is 2.76. The van der Waals surface area contributed by atoms with Crippen molar-refractivity contribution in [2.24, 2.45) is 0 Å². The molecule has 4 heteroatoms. The molecule has 0 spiro atoms. The van der Waals surface area contributed by atoms with Crippen LogP contribution in [0.1, 0.15) is 5.76 Å². The Hall–Kier alpha value is -0.450. The monoisotopic (exact) mass is 201 g/mol. The summed E-state index contributed by atoms with van der Waals surface area (Å²) in [6.45, 7) is 0.182. The first kappa shape index (κ1) is 10.6. The Kier molecular flexibility index (Phi) is 4.97. The van der Waals surface area contributed by atoms with Gasteiger partial charge in [-0.05, 0) is 19.2 Å². The fourth-order valence-corrected chi connectivity index (χ4v) is 1.96. The average molecular weight is 201 g/mol. The molecule has 0 aromatic carbocycles. The van der Waals surface area contributed by atoms with E-state index in [0.717, 1.165) is 17.3 Å². The minimum absolute atomic E-state index is 0.181. The highest BCUT2D eigenvalue weighted by Gasteiger charge is 2.04. The van der Waals surface area contributed by atoms with Crippen LogP contribution in [0, 0.1) is 0 Å². The molecule has 1 rings (SSSR count). The van der Waals surface area contributed by atoms with Gasteiger partial charge in [-0.2, -0.15) is 11.8 Å². The fourth-order valence-electron chi connectivity index (χ4n) is 0.924. The topological polar surface area (TPSA) is 45.4 Å². The molecule has 13 heavy (non-hydrogen) atoms. The van der Waals surface area contributed by atoms with Crippen LogP contribution in [-0.2, 0) is 5.75 Å². The Morgan fingerprint density at radius 3 is 3.08 bits per heavy atom. The molecule has 0 aliphatic carbocycles. The van der Waals surface area contributed by atoms with Gasteiger partial charge in [0.1, 0.15) is 5.76 Å². The minimum Gasteiger partial charge on any atom is -0.468 e. The molecular formula is C9H15NO2S. The van der Waals surface area contributed by atoms with Crippen LogP contribution in [0.3, 0.4) is 0 Å². The second kappa shape index (κ2) is 6.07. The van der Waals surface area contributed by atoms with E-state index in [1.165, 1.54) is 0 Å². The van der Waals surface area contributed by atoms with Gasteiger partial charge < -0.3 is 14.8 Å². The number of aliphatic hydroxyl groups excluding tert-OH is 1. The Balaban J connectivity index is 2.13. The molecule has 1 aromatic heterocycles. The molecule has 0 fully saturated rings. The molecule has 1 atom stereocenters. The van der Waals surface area contributed by atoms with E-state index in [1.807, 2.05) is 19.2 Å². The molecule has 0 amide bonds. The molecule has 74 valence electrons. The van der Waals surface area contributed by atoms with Gasteiger partial charge in [-0.25, -0.2) is 0 Å². The quantitative estimate of drug-likeness (QED) is 0.723. The largest absolute Gasteiger partial charge is 0.468 e. The minimum atomic E-state index is 0.181. The maximum absolute atomic E-state index is 8.88. The SMILES string of the molecule is CNC(CO)CSCc1ccco1. The van der Waals surface area contributed by atoms with Crippen LogP contribution < -0.4 is 5.32 Å². The summed E-state index contributed by atoms with van der Waals surface area (Å²) in [4.78, 5) is 0. The number of nitrogens with one attached hydrogen (secondary N) is 1. The summed E-state index contributed by atoms with van der Waals surface area (Å²) >= 11 is 1.75. The standard InChI is InChI=1S/C9H15NO2S/c1-10-8(5-11)6-13-7-9-3-2-4-12-9/h2-4,8,10-11H,5-7H2,1H3. The van der Waals surface area contributed by atoms with Crippen molar-refractivity contribution in [1.82, 2.24) is 5.32 Å². The van der Waals surface area contributed by atoms with Gasteiger partial charge in [0.15, 0.2) is 0 Å². The molecule has 0 saturated carbocycles.